The van der Waals surface area contributed by atoms with E-state index in [0.29, 0.717) is 12.8 Å². The fourth-order valence-corrected chi connectivity index (χ4v) is 2.59. The van der Waals surface area contributed by atoms with E-state index in [9.17, 15) is 14.7 Å². The second-order valence-corrected chi connectivity index (χ2v) is 4.09. The van der Waals surface area contributed by atoms with Gasteiger partial charge in [0.25, 0.3) is 0 Å². The Morgan fingerprint density at radius 1 is 1.15 bits per heavy atom. The fourth-order valence-electron chi connectivity index (χ4n) is 2.59. The highest BCUT2D eigenvalue weighted by Gasteiger charge is 2.42. The van der Waals surface area contributed by atoms with Crippen molar-refractivity contribution in [1.29, 1.82) is 0 Å². The molecule has 0 saturated heterocycles. The van der Waals surface area contributed by atoms with Gasteiger partial charge in [-0.15, -0.1) is 0 Å². The zero-order chi connectivity index (χ0) is 9.42. The molecule has 2 fully saturated rings. The smallest absolute Gasteiger partial charge is 0.201 e. The van der Waals surface area contributed by atoms with Crippen molar-refractivity contribution in [2.75, 3.05) is 0 Å². The van der Waals surface area contributed by atoms with Crippen LogP contribution >= 0.6 is 0 Å². The number of aliphatic hydroxyl groups is 1. The van der Waals surface area contributed by atoms with Crippen LogP contribution in [0.25, 0.3) is 0 Å². The number of ketones is 2. The lowest BCUT2D eigenvalue weighted by molar-refractivity contribution is -0.137. The largest absolute Gasteiger partial charge is 0.393 e. The molecule has 2 aliphatic rings. The molecule has 3 atom stereocenters. The summed E-state index contributed by atoms with van der Waals surface area (Å²) in [7, 11) is 0. The Morgan fingerprint density at radius 3 is 2.38 bits per heavy atom. The standard InChI is InChI=1S/C10H14O3/c11-8-3-1-2-6(8)7-4-5-9(12)10(7)13/h6-8,11H,1-5H2. The molecule has 0 aliphatic heterocycles. The molecular formula is C10H14O3. The van der Waals surface area contributed by atoms with E-state index in [4.69, 9.17) is 0 Å². The van der Waals surface area contributed by atoms with Gasteiger partial charge in [0.15, 0.2) is 5.78 Å². The molecule has 3 nitrogen and oxygen atoms in total. The lowest BCUT2D eigenvalue weighted by Crippen LogP contribution is -2.27. The molecule has 2 rings (SSSR count). The molecule has 72 valence electrons. The van der Waals surface area contributed by atoms with Gasteiger partial charge in [0, 0.05) is 12.3 Å². The molecule has 0 spiro atoms. The van der Waals surface area contributed by atoms with Crippen molar-refractivity contribution in [2.45, 2.75) is 38.2 Å². The highest BCUT2D eigenvalue weighted by atomic mass is 16.3. The van der Waals surface area contributed by atoms with Crippen LogP contribution in [-0.2, 0) is 9.59 Å². The van der Waals surface area contributed by atoms with Gasteiger partial charge in [-0.3, -0.25) is 9.59 Å². The lowest BCUT2D eigenvalue weighted by atomic mass is 9.87. The minimum absolute atomic E-state index is 0.0685. The summed E-state index contributed by atoms with van der Waals surface area (Å²) in [5.41, 5.74) is 0. The predicted molar refractivity (Wildman–Crippen MR) is 46.1 cm³/mol. The molecule has 3 heteroatoms. The van der Waals surface area contributed by atoms with Crippen LogP contribution in [-0.4, -0.2) is 22.8 Å². The number of carbonyl (C=O) groups is 2. The lowest BCUT2D eigenvalue weighted by Gasteiger charge is -2.19. The van der Waals surface area contributed by atoms with Crippen molar-refractivity contribution < 1.29 is 14.7 Å². The quantitative estimate of drug-likeness (QED) is 0.607. The summed E-state index contributed by atoms with van der Waals surface area (Å²) in [6.45, 7) is 0. The maximum Gasteiger partial charge on any atom is 0.201 e. The van der Waals surface area contributed by atoms with Crippen LogP contribution in [0.3, 0.4) is 0 Å². The molecule has 0 heterocycles. The zero-order valence-electron chi connectivity index (χ0n) is 7.53. The van der Waals surface area contributed by atoms with Crippen LogP contribution < -0.4 is 0 Å². The molecule has 1 N–H and O–H groups in total. The van der Waals surface area contributed by atoms with Gasteiger partial charge in [-0.2, -0.15) is 0 Å². The second kappa shape index (κ2) is 3.22. The van der Waals surface area contributed by atoms with Gasteiger partial charge in [-0.05, 0) is 25.2 Å². The summed E-state index contributed by atoms with van der Waals surface area (Å²) in [6, 6.07) is 0. The van der Waals surface area contributed by atoms with E-state index in [1.54, 1.807) is 0 Å². The highest BCUT2D eigenvalue weighted by Crippen LogP contribution is 2.37. The van der Waals surface area contributed by atoms with E-state index in [0.717, 1.165) is 19.3 Å². The van der Waals surface area contributed by atoms with E-state index in [-0.39, 0.29) is 29.5 Å². The molecule has 0 aromatic rings. The first-order valence-corrected chi connectivity index (χ1v) is 4.95. The summed E-state index contributed by atoms with van der Waals surface area (Å²) >= 11 is 0. The maximum absolute atomic E-state index is 11.4. The summed E-state index contributed by atoms with van der Waals surface area (Å²) in [5.74, 6) is -0.556. The Labute approximate surface area is 77.1 Å². The van der Waals surface area contributed by atoms with Gasteiger partial charge < -0.3 is 5.11 Å². The predicted octanol–water partition coefficient (Wildman–Crippen LogP) is 0.696. The van der Waals surface area contributed by atoms with Crippen LogP contribution in [0.2, 0.25) is 0 Å². The van der Waals surface area contributed by atoms with Gasteiger partial charge in [0.2, 0.25) is 5.78 Å². The molecule has 2 saturated carbocycles. The average molecular weight is 182 g/mol. The Balaban J connectivity index is 2.09. The van der Waals surface area contributed by atoms with Gasteiger partial charge >= 0.3 is 0 Å². The summed E-state index contributed by atoms with van der Waals surface area (Å²) < 4.78 is 0. The number of Topliss-reactive ketones (excluding diaryl/α,β-unsaturated/α-hetero) is 2. The molecule has 13 heavy (non-hydrogen) atoms. The van der Waals surface area contributed by atoms with Crippen molar-refractivity contribution >= 4 is 11.6 Å². The van der Waals surface area contributed by atoms with Gasteiger partial charge in [0.05, 0.1) is 6.10 Å². The van der Waals surface area contributed by atoms with Gasteiger partial charge in [-0.25, -0.2) is 0 Å². The van der Waals surface area contributed by atoms with Crippen LogP contribution in [0.5, 0.6) is 0 Å². The van der Waals surface area contributed by atoms with Crippen molar-refractivity contribution in [2.24, 2.45) is 11.8 Å². The fraction of sp³-hybridized carbons (Fsp3) is 0.800. The molecule has 2 aliphatic carbocycles. The van der Waals surface area contributed by atoms with E-state index in [1.807, 2.05) is 0 Å². The topological polar surface area (TPSA) is 54.4 Å². The summed E-state index contributed by atoms with van der Waals surface area (Å²) in [5, 5.41) is 9.59. The minimum Gasteiger partial charge on any atom is -0.393 e. The van der Waals surface area contributed by atoms with Crippen LogP contribution in [0.4, 0.5) is 0 Å². The van der Waals surface area contributed by atoms with Crippen LogP contribution in [0.1, 0.15) is 32.1 Å². The highest BCUT2D eigenvalue weighted by molar-refractivity contribution is 6.39. The molecule has 0 aromatic carbocycles. The molecule has 0 amide bonds. The minimum atomic E-state index is -0.347. The third-order valence-corrected chi connectivity index (χ3v) is 3.34. The van der Waals surface area contributed by atoms with Crippen LogP contribution in [0.15, 0.2) is 0 Å². The summed E-state index contributed by atoms with van der Waals surface area (Å²) in [4.78, 5) is 22.4. The zero-order valence-corrected chi connectivity index (χ0v) is 7.53. The van der Waals surface area contributed by atoms with E-state index >= 15 is 0 Å². The number of rotatable bonds is 1. The van der Waals surface area contributed by atoms with Crippen LogP contribution in [0, 0.1) is 11.8 Å². The van der Waals surface area contributed by atoms with Crippen molar-refractivity contribution in [3.05, 3.63) is 0 Å². The molecule has 3 unspecified atom stereocenters. The number of carbonyl (C=O) groups excluding carboxylic acids is 2. The molecular weight excluding hydrogens is 168 g/mol. The first-order valence-electron chi connectivity index (χ1n) is 4.95. The average Bonchev–Trinajstić information content (AvgIpc) is 2.62. The SMILES string of the molecule is O=C1CCC(C2CCCC2O)C1=O. The van der Waals surface area contributed by atoms with Crippen molar-refractivity contribution in [3.63, 3.8) is 0 Å². The Morgan fingerprint density at radius 2 is 1.92 bits per heavy atom. The maximum atomic E-state index is 11.4. The molecule has 0 aromatic heterocycles. The summed E-state index contributed by atoms with van der Waals surface area (Å²) in [6.07, 6.45) is 3.41. The Bertz CT molecular complexity index is 247. The molecule has 0 bridgehead atoms. The Kier molecular flexibility index (Phi) is 2.20. The van der Waals surface area contributed by atoms with Crippen molar-refractivity contribution in [1.82, 2.24) is 0 Å². The number of hydrogen-bond acceptors (Lipinski definition) is 3. The second-order valence-electron chi connectivity index (χ2n) is 4.09. The monoisotopic (exact) mass is 182 g/mol. The Hall–Kier alpha value is -0.700. The van der Waals surface area contributed by atoms with Gasteiger partial charge in [-0.1, -0.05) is 6.42 Å². The number of hydrogen-bond donors (Lipinski definition) is 1. The van der Waals surface area contributed by atoms with E-state index in [2.05, 4.69) is 0 Å². The van der Waals surface area contributed by atoms with Gasteiger partial charge in [0.1, 0.15) is 0 Å². The van der Waals surface area contributed by atoms with E-state index in [1.165, 1.54) is 0 Å². The number of aliphatic hydroxyl groups excluding tert-OH is 1. The molecule has 0 radical (unpaired) electrons. The first kappa shape index (κ1) is 8.88. The first-order chi connectivity index (χ1) is 6.20. The van der Waals surface area contributed by atoms with E-state index < -0.39 is 0 Å². The third-order valence-electron chi connectivity index (χ3n) is 3.34. The normalized spacial score (nSPS) is 40.2. The van der Waals surface area contributed by atoms with Crippen molar-refractivity contribution in [3.8, 4) is 0 Å². The third kappa shape index (κ3) is 1.41.